The van der Waals surface area contributed by atoms with Crippen molar-refractivity contribution in [2.75, 3.05) is 44.4 Å². The lowest BCUT2D eigenvalue weighted by Crippen LogP contribution is -2.34. The fourth-order valence-corrected chi connectivity index (χ4v) is 3.44. The molecular formula is C19H27N5. The Labute approximate surface area is 144 Å². The van der Waals surface area contributed by atoms with Crippen molar-refractivity contribution in [3.05, 3.63) is 47.8 Å². The summed E-state index contributed by atoms with van der Waals surface area (Å²) in [6, 6.07) is 8.59. The van der Waals surface area contributed by atoms with Gasteiger partial charge in [0.2, 0.25) is 0 Å². The summed E-state index contributed by atoms with van der Waals surface area (Å²) in [4.78, 5) is 13.5. The molecule has 128 valence electrons. The molecule has 5 heteroatoms. The lowest BCUT2D eigenvalue weighted by Gasteiger charge is -2.33. The van der Waals surface area contributed by atoms with E-state index in [9.17, 15) is 0 Å². The number of likely N-dealkylation sites (tertiary alicyclic amines) is 1. The molecule has 2 aromatic heterocycles. The topological polar surface area (TPSA) is 44.3 Å². The van der Waals surface area contributed by atoms with Crippen molar-refractivity contribution < 1.29 is 0 Å². The molecule has 0 radical (unpaired) electrons. The first-order chi connectivity index (χ1) is 11.7. The summed E-state index contributed by atoms with van der Waals surface area (Å²) < 4.78 is 0. The van der Waals surface area contributed by atoms with Gasteiger partial charge in [0.1, 0.15) is 11.6 Å². The second-order valence-electron chi connectivity index (χ2n) is 6.68. The Morgan fingerprint density at radius 2 is 2.12 bits per heavy atom. The number of hydrogen-bond donors (Lipinski definition) is 1. The van der Waals surface area contributed by atoms with Crippen molar-refractivity contribution in [2.45, 2.75) is 25.3 Å². The number of hydrogen-bond acceptors (Lipinski definition) is 5. The van der Waals surface area contributed by atoms with Gasteiger partial charge >= 0.3 is 0 Å². The van der Waals surface area contributed by atoms with Crippen LogP contribution in [0.25, 0.3) is 0 Å². The van der Waals surface area contributed by atoms with E-state index in [1.54, 1.807) is 0 Å². The summed E-state index contributed by atoms with van der Waals surface area (Å²) in [5.74, 6) is 2.60. The number of nitrogens with zero attached hydrogens (tertiary/aromatic N) is 4. The standard InChI is InChI=1S/C19H27N5/c1-20-19-17(6-4-9-22-19)14-24-11-5-7-16(13-24)15-8-10-21-18(12-15)23(2)3/h4,6,8-10,12,16H,5,7,11,13-14H2,1-3H3,(H,20,22)/t16-/m0/s1. The minimum absolute atomic E-state index is 0.579. The van der Waals surface area contributed by atoms with Crippen LogP contribution in [0, 0.1) is 0 Å². The smallest absolute Gasteiger partial charge is 0.130 e. The minimum Gasteiger partial charge on any atom is -0.373 e. The monoisotopic (exact) mass is 325 g/mol. The summed E-state index contributed by atoms with van der Waals surface area (Å²) in [5.41, 5.74) is 2.67. The lowest BCUT2D eigenvalue weighted by atomic mass is 9.91. The molecule has 1 fully saturated rings. The number of aromatic nitrogens is 2. The molecule has 1 saturated heterocycles. The average molecular weight is 325 g/mol. The van der Waals surface area contributed by atoms with E-state index in [0.717, 1.165) is 31.3 Å². The van der Waals surface area contributed by atoms with Gasteiger partial charge in [-0.05, 0) is 49.1 Å². The molecule has 1 aliphatic rings. The largest absolute Gasteiger partial charge is 0.373 e. The third-order valence-electron chi connectivity index (χ3n) is 4.73. The first-order valence-electron chi connectivity index (χ1n) is 8.64. The highest BCUT2D eigenvalue weighted by Crippen LogP contribution is 2.29. The summed E-state index contributed by atoms with van der Waals surface area (Å²) in [6.07, 6.45) is 6.26. The zero-order chi connectivity index (χ0) is 16.9. The van der Waals surface area contributed by atoms with Crippen LogP contribution in [0.2, 0.25) is 0 Å². The number of nitrogens with one attached hydrogen (secondary N) is 1. The van der Waals surface area contributed by atoms with Crippen molar-refractivity contribution in [3.8, 4) is 0 Å². The van der Waals surface area contributed by atoms with Crippen LogP contribution in [-0.2, 0) is 6.54 Å². The maximum atomic E-state index is 4.44. The van der Waals surface area contributed by atoms with E-state index in [2.05, 4.69) is 43.3 Å². The Hall–Kier alpha value is -2.14. The highest BCUT2D eigenvalue weighted by Gasteiger charge is 2.22. The Balaban J connectivity index is 1.71. The van der Waals surface area contributed by atoms with Crippen LogP contribution in [0.15, 0.2) is 36.7 Å². The average Bonchev–Trinajstić information content (AvgIpc) is 2.62. The zero-order valence-corrected chi connectivity index (χ0v) is 14.9. The van der Waals surface area contributed by atoms with Gasteiger partial charge < -0.3 is 10.2 Å². The second-order valence-corrected chi connectivity index (χ2v) is 6.68. The highest BCUT2D eigenvalue weighted by atomic mass is 15.1. The van der Waals surface area contributed by atoms with Crippen LogP contribution in [0.1, 0.15) is 29.9 Å². The normalized spacial score (nSPS) is 18.4. The molecule has 0 aromatic carbocycles. The fourth-order valence-electron chi connectivity index (χ4n) is 3.44. The van der Waals surface area contributed by atoms with Crippen LogP contribution >= 0.6 is 0 Å². The van der Waals surface area contributed by atoms with Crippen molar-refractivity contribution in [1.29, 1.82) is 0 Å². The molecular weight excluding hydrogens is 298 g/mol. The van der Waals surface area contributed by atoms with Gasteiger partial charge in [-0.2, -0.15) is 0 Å². The molecule has 1 aliphatic heterocycles. The zero-order valence-electron chi connectivity index (χ0n) is 14.9. The molecule has 24 heavy (non-hydrogen) atoms. The van der Waals surface area contributed by atoms with E-state index >= 15 is 0 Å². The van der Waals surface area contributed by atoms with Crippen LogP contribution in [-0.4, -0.2) is 49.1 Å². The van der Waals surface area contributed by atoms with Crippen LogP contribution in [0.3, 0.4) is 0 Å². The van der Waals surface area contributed by atoms with Crippen molar-refractivity contribution in [1.82, 2.24) is 14.9 Å². The van der Waals surface area contributed by atoms with E-state index < -0.39 is 0 Å². The fraction of sp³-hybridized carbons (Fsp3) is 0.474. The van der Waals surface area contributed by atoms with Gasteiger partial charge in [0.05, 0.1) is 0 Å². The number of rotatable bonds is 5. The molecule has 0 saturated carbocycles. The minimum atomic E-state index is 0.579. The quantitative estimate of drug-likeness (QED) is 0.915. The Morgan fingerprint density at radius 3 is 2.92 bits per heavy atom. The molecule has 3 rings (SSSR count). The first kappa shape index (κ1) is 16.7. The van der Waals surface area contributed by atoms with Crippen LogP contribution < -0.4 is 10.2 Å². The lowest BCUT2D eigenvalue weighted by molar-refractivity contribution is 0.200. The van der Waals surface area contributed by atoms with Gasteiger partial charge in [0, 0.05) is 52.2 Å². The third kappa shape index (κ3) is 3.85. The van der Waals surface area contributed by atoms with Crippen molar-refractivity contribution in [2.24, 2.45) is 0 Å². The van der Waals surface area contributed by atoms with E-state index in [1.165, 1.54) is 24.0 Å². The van der Waals surface area contributed by atoms with E-state index in [-0.39, 0.29) is 0 Å². The van der Waals surface area contributed by atoms with E-state index in [1.807, 2.05) is 39.6 Å². The van der Waals surface area contributed by atoms with Crippen LogP contribution in [0.4, 0.5) is 11.6 Å². The molecule has 0 unspecified atom stereocenters. The number of anilines is 2. The maximum absolute atomic E-state index is 4.44. The van der Waals surface area contributed by atoms with Gasteiger partial charge in [0.25, 0.3) is 0 Å². The SMILES string of the molecule is CNc1ncccc1CN1CCC[C@H](c2ccnc(N(C)C)c2)C1. The Bertz CT molecular complexity index is 670. The second kappa shape index (κ2) is 7.62. The molecule has 3 heterocycles. The highest BCUT2D eigenvalue weighted by molar-refractivity contribution is 5.43. The molecule has 2 aromatic rings. The molecule has 0 bridgehead atoms. The Kier molecular flexibility index (Phi) is 5.30. The molecule has 0 spiro atoms. The van der Waals surface area contributed by atoms with Gasteiger partial charge in [-0.15, -0.1) is 0 Å². The first-order valence-corrected chi connectivity index (χ1v) is 8.64. The molecule has 1 atom stereocenters. The molecule has 0 aliphatic carbocycles. The predicted molar refractivity (Wildman–Crippen MR) is 99.6 cm³/mol. The van der Waals surface area contributed by atoms with E-state index in [0.29, 0.717) is 5.92 Å². The van der Waals surface area contributed by atoms with Crippen LogP contribution in [0.5, 0.6) is 0 Å². The van der Waals surface area contributed by atoms with Gasteiger partial charge in [0.15, 0.2) is 0 Å². The summed E-state index contributed by atoms with van der Waals surface area (Å²) in [6.45, 7) is 3.20. The summed E-state index contributed by atoms with van der Waals surface area (Å²) in [7, 11) is 6.02. The van der Waals surface area contributed by atoms with Crippen molar-refractivity contribution in [3.63, 3.8) is 0 Å². The molecule has 5 nitrogen and oxygen atoms in total. The summed E-state index contributed by atoms with van der Waals surface area (Å²) in [5, 5.41) is 3.20. The van der Waals surface area contributed by atoms with Gasteiger partial charge in [-0.25, -0.2) is 9.97 Å². The number of pyridine rings is 2. The molecule has 0 amide bonds. The van der Waals surface area contributed by atoms with Gasteiger partial charge in [-0.3, -0.25) is 4.90 Å². The van der Waals surface area contributed by atoms with Gasteiger partial charge in [-0.1, -0.05) is 6.07 Å². The van der Waals surface area contributed by atoms with Crippen molar-refractivity contribution >= 4 is 11.6 Å². The van der Waals surface area contributed by atoms with E-state index in [4.69, 9.17) is 0 Å². The predicted octanol–water partition coefficient (Wildman–Crippen LogP) is 2.96. The maximum Gasteiger partial charge on any atom is 0.130 e. The third-order valence-corrected chi connectivity index (χ3v) is 4.73. The molecule has 1 N–H and O–H groups in total. The number of piperidine rings is 1. The summed E-state index contributed by atoms with van der Waals surface area (Å²) >= 11 is 0. The Morgan fingerprint density at radius 1 is 1.25 bits per heavy atom.